The number of carbonyl (C=O) groups is 2. The topological polar surface area (TPSA) is 84.7 Å². The number of likely N-dealkylation sites (tertiary alicyclic amines) is 1. The summed E-state index contributed by atoms with van der Waals surface area (Å²) < 4.78 is 7.22. The molecule has 1 amide bonds. The smallest absolute Gasteiger partial charge is 0.308 e. The number of carbonyl (C=O) groups excluding carboxylic acids is 1. The summed E-state index contributed by atoms with van der Waals surface area (Å²) in [5, 5.41) is 13.8. The molecule has 2 aromatic rings. The molecule has 27 heavy (non-hydrogen) atoms. The Kier molecular flexibility index (Phi) is 4.94. The third kappa shape index (κ3) is 3.60. The van der Waals surface area contributed by atoms with E-state index in [1.54, 1.807) is 15.8 Å². The summed E-state index contributed by atoms with van der Waals surface area (Å²) in [6.45, 7) is 1.50. The Balaban J connectivity index is 1.55. The van der Waals surface area contributed by atoms with Gasteiger partial charge in [0.25, 0.3) is 0 Å². The van der Waals surface area contributed by atoms with Crippen LogP contribution in [0.15, 0.2) is 42.6 Å². The van der Waals surface area contributed by atoms with Gasteiger partial charge in [0, 0.05) is 31.3 Å². The first-order chi connectivity index (χ1) is 13.1. The number of rotatable bonds is 4. The first-order valence-corrected chi connectivity index (χ1v) is 9.30. The van der Waals surface area contributed by atoms with Crippen LogP contribution in [0.3, 0.4) is 0 Å². The Morgan fingerprint density at radius 3 is 2.81 bits per heavy atom. The van der Waals surface area contributed by atoms with Gasteiger partial charge in [-0.2, -0.15) is 5.10 Å². The zero-order chi connectivity index (χ0) is 18.8. The largest absolute Gasteiger partial charge is 0.481 e. The van der Waals surface area contributed by atoms with Gasteiger partial charge in [0.1, 0.15) is 6.54 Å². The lowest BCUT2D eigenvalue weighted by atomic mass is 9.81. The van der Waals surface area contributed by atoms with E-state index in [1.165, 1.54) is 0 Å². The molecule has 0 radical (unpaired) electrons. The minimum absolute atomic E-state index is 0.0533. The van der Waals surface area contributed by atoms with Crippen LogP contribution in [0.4, 0.5) is 0 Å². The van der Waals surface area contributed by atoms with Crippen LogP contribution in [0, 0.1) is 11.8 Å². The lowest BCUT2D eigenvalue weighted by Crippen LogP contribution is -2.56. The minimum Gasteiger partial charge on any atom is -0.481 e. The fraction of sp³-hybridized carbons (Fsp3) is 0.450. The average molecular weight is 369 g/mol. The van der Waals surface area contributed by atoms with E-state index in [0.29, 0.717) is 19.6 Å². The Morgan fingerprint density at radius 2 is 2.04 bits per heavy atom. The zero-order valence-electron chi connectivity index (χ0n) is 15.0. The third-order valence-electron chi connectivity index (χ3n) is 5.58. The minimum atomic E-state index is -0.846. The zero-order valence-corrected chi connectivity index (χ0v) is 15.0. The van der Waals surface area contributed by atoms with Crippen LogP contribution in [0.25, 0.3) is 11.3 Å². The van der Waals surface area contributed by atoms with E-state index in [1.807, 2.05) is 36.4 Å². The molecule has 1 aromatic heterocycles. The maximum Gasteiger partial charge on any atom is 0.308 e. The highest BCUT2D eigenvalue weighted by molar-refractivity contribution is 5.79. The molecule has 3 atom stereocenters. The molecule has 0 aliphatic carbocycles. The van der Waals surface area contributed by atoms with Gasteiger partial charge >= 0.3 is 5.97 Å². The van der Waals surface area contributed by atoms with Gasteiger partial charge in [0.2, 0.25) is 5.91 Å². The fourth-order valence-electron chi connectivity index (χ4n) is 4.23. The summed E-state index contributed by atoms with van der Waals surface area (Å²) in [6, 6.07) is 11.7. The summed E-state index contributed by atoms with van der Waals surface area (Å²) in [6.07, 6.45) is 3.01. The predicted molar refractivity (Wildman–Crippen MR) is 97.8 cm³/mol. The Morgan fingerprint density at radius 1 is 1.22 bits per heavy atom. The van der Waals surface area contributed by atoms with E-state index in [9.17, 15) is 14.7 Å². The van der Waals surface area contributed by atoms with Crippen molar-refractivity contribution in [3.8, 4) is 11.3 Å². The predicted octanol–water partition coefficient (Wildman–Crippen LogP) is 1.89. The van der Waals surface area contributed by atoms with Gasteiger partial charge in [-0.3, -0.25) is 14.3 Å². The SMILES string of the molecule is O=C(O)[C@@H]1C[C@@H]2COCC[C@H]2N(C(=O)Cn2nccc2-c2ccccc2)C1. The van der Waals surface area contributed by atoms with Crippen molar-refractivity contribution in [3.05, 3.63) is 42.6 Å². The van der Waals surface area contributed by atoms with Gasteiger partial charge in [0.15, 0.2) is 0 Å². The van der Waals surface area contributed by atoms with Crippen molar-refractivity contribution in [2.24, 2.45) is 11.8 Å². The number of hydrogen-bond donors (Lipinski definition) is 1. The van der Waals surface area contributed by atoms with E-state index >= 15 is 0 Å². The summed E-state index contributed by atoms with van der Waals surface area (Å²) >= 11 is 0. The van der Waals surface area contributed by atoms with Gasteiger partial charge in [0.05, 0.1) is 18.2 Å². The van der Waals surface area contributed by atoms with Crippen LogP contribution in [-0.2, 0) is 20.9 Å². The molecule has 1 aromatic carbocycles. The summed E-state index contributed by atoms with van der Waals surface area (Å²) in [5.41, 5.74) is 1.87. The number of ether oxygens (including phenoxy) is 1. The van der Waals surface area contributed by atoms with Crippen LogP contribution >= 0.6 is 0 Å². The van der Waals surface area contributed by atoms with Crippen LogP contribution < -0.4 is 0 Å². The molecular weight excluding hydrogens is 346 g/mol. The maximum absolute atomic E-state index is 13.1. The highest BCUT2D eigenvalue weighted by Crippen LogP contribution is 2.33. The number of nitrogens with zero attached hydrogens (tertiary/aromatic N) is 3. The standard InChI is InChI=1S/C20H23N3O4/c24-19(12-23-18(6-8-21-23)14-4-2-1-3-5-14)22-11-15(20(25)26)10-16-13-27-9-7-17(16)22/h1-6,8,15-17H,7,9-13H2,(H,25,26)/t15-,16-,17-/m1/s1. The molecule has 2 aliphatic heterocycles. The van der Waals surface area contributed by atoms with Crippen molar-refractivity contribution >= 4 is 11.9 Å². The van der Waals surface area contributed by atoms with Gasteiger partial charge in [-0.15, -0.1) is 0 Å². The fourth-order valence-corrected chi connectivity index (χ4v) is 4.23. The number of benzene rings is 1. The lowest BCUT2D eigenvalue weighted by molar-refractivity contribution is -0.154. The quantitative estimate of drug-likeness (QED) is 0.890. The molecule has 4 rings (SSSR count). The molecule has 0 spiro atoms. The van der Waals surface area contributed by atoms with Crippen molar-refractivity contribution in [1.82, 2.24) is 14.7 Å². The van der Waals surface area contributed by atoms with Gasteiger partial charge in [-0.25, -0.2) is 0 Å². The lowest BCUT2D eigenvalue weighted by Gasteiger charge is -2.45. The monoisotopic (exact) mass is 369 g/mol. The Labute approximate surface area is 157 Å². The Bertz CT molecular complexity index is 820. The first kappa shape index (κ1) is 17.7. The number of amides is 1. The van der Waals surface area contributed by atoms with Crippen LogP contribution in [0.5, 0.6) is 0 Å². The molecule has 3 heterocycles. The molecule has 0 bridgehead atoms. The molecule has 2 aliphatic rings. The second-order valence-electron chi connectivity index (χ2n) is 7.25. The van der Waals surface area contributed by atoms with Crippen molar-refractivity contribution in [1.29, 1.82) is 0 Å². The number of carboxylic acid groups (broad SMARTS) is 1. The molecule has 0 unspecified atom stereocenters. The number of aliphatic carboxylic acids is 1. The number of carboxylic acids is 1. The highest BCUT2D eigenvalue weighted by atomic mass is 16.5. The normalized spacial score (nSPS) is 25.0. The number of fused-ring (bicyclic) bond motifs is 1. The van der Waals surface area contributed by atoms with Gasteiger partial charge < -0.3 is 14.7 Å². The number of aromatic nitrogens is 2. The average Bonchev–Trinajstić information content (AvgIpc) is 3.15. The Hall–Kier alpha value is -2.67. The molecular formula is C20H23N3O4. The second kappa shape index (κ2) is 7.52. The summed E-state index contributed by atoms with van der Waals surface area (Å²) in [5.74, 6) is -1.38. The third-order valence-corrected chi connectivity index (χ3v) is 5.58. The van der Waals surface area contributed by atoms with Crippen molar-refractivity contribution in [3.63, 3.8) is 0 Å². The van der Waals surface area contributed by atoms with Crippen molar-refractivity contribution in [2.45, 2.75) is 25.4 Å². The van der Waals surface area contributed by atoms with Crippen molar-refractivity contribution in [2.75, 3.05) is 19.8 Å². The molecule has 7 nitrogen and oxygen atoms in total. The second-order valence-corrected chi connectivity index (χ2v) is 7.25. The van der Waals surface area contributed by atoms with E-state index in [2.05, 4.69) is 5.10 Å². The van der Waals surface area contributed by atoms with E-state index in [4.69, 9.17) is 4.74 Å². The molecule has 7 heteroatoms. The van der Waals surface area contributed by atoms with Crippen molar-refractivity contribution < 1.29 is 19.4 Å². The first-order valence-electron chi connectivity index (χ1n) is 9.30. The molecule has 0 saturated carbocycles. The maximum atomic E-state index is 13.1. The number of hydrogen-bond acceptors (Lipinski definition) is 4. The van der Waals surface area contributed by atoms with Crippen LogP contribution in [-0.4, -0.2) is 57.5 Å². The van der Waals surface area contributed by atoms with Gasteiger partial charge in [-0.1, -0.05) is 30.3 Å². The van der Waals surface area contributed by atoms with E-state index in [-0.39, 0.29) is 31.0 Å². The number of piperidine rings is 1. The molecule has 142 valence electrons. The van der Waals surface area contributed by atoms with Crippen LogP contribution in [0.1, 0.15) is 12.8 Å². The molecule has 1 N–H and O–H groups in total. The van der Waals surface area contributed by atoms with Gasteiger partial charge in [-0.05, 0) is 24.5 Å². The summed E-state index contributed by atoms with van der Waals surface area (Å²) in [4.78, 5) is 26.4. The molecule has 2 saturated heterocycles. The van der Waals surface area contributed by atoms with E-state index in [0.717, 1.165) is 17.7 Å². The van der Waals surface area contributed by atoms with Crippen LogP contribution in [0.2, 0.25) is 0 Å². The highest BCUT2D eigenvalue weighted by Gasteiger charge is 2.42. The van der Waals surface area contributed by atoms with E-state index < -0.39 is 11.9 Å². The summed E-state index contributed by atoms with van der Waals surface area (Å²) in [7, 11) is 0. The molecule has 2 fully saturated rings.